The zero-order valence-electron chi connectivity index (χ0n) is 17.0. The number of carbonyl (C=O) groups excluding carboxylic acids is 2. The Morgan fingerprint density at radius 1 is 1.17 bits per heavy atom. The van der Waals surface area contributed by atoms with Crippen LogP contribution in [0.2, 0.25) is 0 Å². The van der Waals surface area contributed by atoms with E-state index in [1.165, 1.54) is 6.20 Å². The Labute approximate surface area is 175 Å². The maximum atomic E-state index is 12.0. The summed E-state index contributed by atoms with van der Waals surface area (Å²) in [6.07, 6.45) is 5.48. The summed E-state index contributed by atoms with van der Waals surface area (Å²) in [4.78, 5) is 34.5. The SMILES string of the molecule is CNC(=O)[C@H]1CCCN(c2ccc(Nc3ncc(C(N)=O)c(NC4CC4)n3)cc2)C1. The van der Waals surface area contributed by atoms with E-state index in [2.05, 4.69) is 30.8 Å². The van der Waals surface area contributed by atoms with Crippen molar-refractivity contribution >= 4 is 35.0 Å². The fourth-order valence-electron chi connectivity index (χ4n) is 3.67. The number of aromatic nitrogens is 2. The Morgan fingerprint density at radius 3 is 2.60 bits per heavy atom. The monoisotopic (exact) mass is 409 g/mol. The smallest absolute Gasteiger partial charge is 0.254 e. The topological polar surface area (TPSA) is 125 Å². The van der Waals surface area contributed by atoms with Crippen molar-refractivity contribution in [2.75, 3.05) is 35.7 Å². The normalized spacial score (nSPS) is 18.6. The van der Waals surface area contributed by atoms with Crippen LogP contribution in [0.3, 0.4) is 0 Å². The van der Waals surface area contributed by atoms with Crippen molar-refractivity contribution in [3.63, 3.8) is 0 Å². The van der Waals surface area contributed by atoms with Crippen molar-refractivity contribution in [1.82, 2.24) is 15.3 Å². The van der Waals surface area contributed by atoms with E-state index in [1.54, 1.807) is 7.05 Å². The zero-order chi connectivity index (χ0) is 21.1. The lowest BCUT2D eigenvalue weighted by Crippen LogP contribution is -2.42. The molecule has 1 aliphatic heterocycles. The Morgan fingerprint density at radius 2 is 1.93 bits per heavy atom. The van der Waals surface area contributed by atoms with Gasteiger partial charge in [-0.2, -0.15) is 4.98 Å². The first-order chi connectivity index (χ1) is 14.5. The highest BCUT2D eigenvalue weighted by Gasteiger charge is 2.26. The van der Waals surface area contributed by atoms with E-state index in [1.807, 2.05) is 24.3 Å². The van der Waals surface area contributed by atoms with Gasteiger partial charge in [-0.05, 0) is 49.9 Å². The van der Waals surface area contributed by atoms with E-state index in [0.717, 1.165) is 50.1 Å². The number of carbonyl (C=O) groups is 2. The van der Waals surface area contributed by atoms with Crippen LogP contribution in [0.4, 0.5) is 23.1 Å². The molecule has 30 heavy (non-hydrogen) atoms. The summed E-state index contributed by atoms with van der Waals surface area (Å²) >= 11 is 0. The van der Waals surface area contributed by atoms with Gasteiger partial charge in [0.05, 0.1) is 11.5 Å². The molecule has 1 atom stereocenters. The lowest BCUT2D eigenvalue weighted by molar-refractivity contribution is -0.124. The first-order valence-electron chi connectivity index (χ1n) is 10.3. The van der Waals surface area contributed by atoms with Gasteiger partial charge < -0.3 is 26.6 Å². The number of benzene rings is 1. The van der Waals surface area contributed by atoms with Gasteiger partial charge in [-0.25, -0.2) is 4.98 Å². The van der Waals surface area contributed by atoms with Gasteiger partial charge in [0.1, 0.15) is 5.82 Å². The first kappa shape index (κ1) is 19.9. The summed E-state index contributed by atoms with van der Waals surface area (Å²) in [6.45, 7) is 1.66. The highest BCUT2D eigenvalue weighted by atomic mass is 16.2. The second-order valence-electron chi connectivity index (χ2n) is 7.81. The van der Waals surface area contributed by atoms with Crippen LogP contribution < -0.4 is 26.6 Å². The zero-order valence-corrected chi connectivity index (χ0v) is 17.0. The standard InChI is InChI=1S/C21H27N7O2/c1-23-20(30)13-3-2-10-28(12-13)16-8-6-15(7-9-16)26-21-24-11-17(18(22)29)19(27-21)25-14-4-5-14/h6-9,11,13-14H,2-5,10,12H2,1H3,(H2,22,29)(H,23,30)(H2,24,25,26,27)/t13-/m0/s1. The second kappa shape index (κ2) is 8.56. The minimum Gasteiger partial charge on any atom is -0.371 e. The van der Waals surface area contributed by atoms with Crippen LogP contribution in [-0.2, 0) is 4.79 Å². The molecular formula is C21H27N7O2. The molecule has 2 aromatic rings. The predicted molar refractivity (Wildman–Crippen MR) is 116 cm³/mol. The number of primary amides is 1. The van der Waals surface area contributed by atoms with Crippen molar-refractivity contribution in [3.05, 3.63) is 36.0 Å². The number of anilines is 4. The van der Waals surface area contributed by atoms with E-state index >= 15 is 0 Å². The van der Waals surface area contributed by atoms with Crippen LogP contribution >= 0.6 is 0 Å². The minimum absolute atomic E-state index is 0.0242. The number of rotatable bonds is 7. The summed E-state index contributed by atoms with van der Waals surface area (Å²) in [6, 6.07) is 8.30. The maximum Gasteiger partial charge on any atom is 0.254 e. The number of nitrogens with one attached hydrogen (secondary N) is 3. The largest absolute Gasteiger partial charge is 0.371 e. The average molecular weight is 409 g/mol. The quantitative estimate of drug-likeness (QED) is 0.550. The fraction of sp³-hybridized carbons (Fsp3) is 0.429. The molecule has 1 aromatic carbocycles. The molecule has 2 aliphatic rings. The molecular weight excluding hydrogens is 382 g/mol. The summed E-state index contributed by atoms with van der Waals surface area (Å²) in [5, 5.41) is 9.15. The van der Waals surface area contributed by atoms with Crippen LogP contribution in [0.25, 0.3) is 0 Å². The number of piperidine rings is 1. The summed E-state index contributed by atoms with van der Waals surface area (Å²) in [5.74, 6) is 0.438. The highest BCUT2D eigenvalue weighted by Crippen LogP contribution is 2.28. The van der Waals surface area contributed by atoms with E-state index in [4.69, 9.17) is 5.73 Å². The third kappa shape index (κ3) is 4.61. The Kier molecular flexibility index (Phi) is 5.69. The van der Waals surface area contributed by atoms with Crippen molar-refractivity contribution < 1.29 is 9.59 Å². The van der Waals surface area contributed by atoms with Gasteiger partial charge in [0.15, 0.2) is 0 Å². The number of hydrogen-bond donors (Lipinski definition) is 4. The van der Waals surface area contributed by atoms with E-state index in [-0.39, 0.29) is 11.8 Å². The predicted octanol–water partition coefficient (Wildman–Crippen LogP) is 1.86. The Bertz CT molecular complexity index is 927. The lowest BCUT2D eigenvalue weighted by Gasteiger charge is -2.33. The number of hydrogen-bond acceptors (Lipinski definition) is 7. The molecule has 1 aliphatic carbocycles. The van der Waals surface area contributed by atoms with Gasteiger partial charge in [0, 0.05) is 43.8 Å². The molecule has 1 aromatic heterocycles. The minimum atomic E-state index is -0.550. The number of nitrogens with two attached hydrogens (primary N) is 1. The molecule has 4 rings (SSSR count). The molecule has 2 heterocycles. The van der Waals surface area contributed by atoms with Gasteiger partial charge in [0.25, 0.3) is 5.91 Å². The highest BCUT2D eigenvalue weighted by molar-refractivity contribution is 5.97. The van der Waals surface area contributed by atoms with Gasteiger partial charge in [0.2, 0.25) is 11.9 Å². The average Bonchev–Trinajstić information content (AvgIpc) is 3.58. The van der Waals surface area contributed by atoms with Gasteiger partial charge in [-0.3, -0.25) is 9.59 Å². The van der Waals surface area contributed by atoms with Crippen LogP contribution in [0, 0.1) is 5.92 Å². The molecule has 0 radical (unpaired) electrons. The second-order valence-corrected chi connectivity index (χ2v) is 7.81. The maximum absolute atomic E-state index is 12.0. The van der Waals surface area contributed by atoms with Gasteiger partial charge in [-0.15, -0.1) is 0 Å². The van der Waals surface area contributed by atoms with Crippen LogP contribution in [0.5, 0.6) is 0 Å². The van der Waals surface area contributed by atoms with Crippen molar-refractivity contribution in [2.45, 2.75) is 31.7 Å². The molecule has 158 valence electrons. The molecule has 5 N–H and O–H groups in total. The van der Waals surface area contributed by atoms with Crippen LogP contribution in [0.15, 0.2) is 30.5 Å². The van der Waals surface area contributed by atoms with Crippen molar-refractivity contribution in [3.8, 4) is 0 Å². The van der Waals surface area contributed by atoms with Gasteiger partial charge >= 0.3 is 0 Å². The fourth-order valence-corrected chi connectivity index (χ4v) is 3.67. The first-order valence-corrected chi connectivity index (χ1v) is 10.3. The molecule has 1 saturated carbocycles. The van der Waals surface area contributed by atoms with Gasteiger partial charge in [-0.1, -0.05) is 0 Å². The molecule has 1 saturated heterocycles. The summed E-state index contributed by atoms with van der Waals surface area (Å²) in [7, 11) is 1.69. The molecule has 9 heteroatoms. The van der Waals surface area contributed by atoms with E-state index in [9.17, 15) is 9.59 Å². The number of nitrogens with zero attached hydrogens (tertiary/aromatic N) is 3. The summed E-state index contributed by atoms with van der Waals surface area (Å²) in [5.41, 5.74) is 7.63. The Balaban J connectivity index is 1.44. The molecule has 0 bridgehead atoms. The number of amides is 2. The molecule has 2 fully saturated rings. The molecule has 2 amide bonds. The lowest BCUT2D eigenvalue weighted by atomic mass is 9.96. The van der Waals surface area contributed by atoms with Crippen LogP contribution in [0.1, 0.15) is 36.0 Å². The van der Waals surface area contributed by atoms with E-state index in [0.29, 0.717) is 23.4 Å². The molecule has 0 spiro atoms. The Hall–Kier alpha value is -3.36. The van der Waals surface area contributed by atoms with E-state index < -0.39 is 5.91 Å². The summed E-state index contributed by atoms with van der Waals surface area (Å²) < 4.78 is 0. The third-order valence-electron chi connectivity index (χ3n) is 5.50. The van der Waals surface area contributed by atoms with Crippen molar-refractivity contribution in [2.24, 2.45) is 11.7 Å². The van der Waals surface area contributed by atoms with Crippen LogP contribution in [-0.4, -0.2) is 48.0 Å². The van der Waals surface area contributed by atoms with Crippen molar-refractivity contribution in [1.29, 1.82) is 0 Å². The molecule has 0 unspecified atom stereocenters. The third-order valence-corrected chi connectivity index (χ3v) is 5.50. The molecule has 9 nitrogen and oxygen atoms in total.